The molecular formula is C14H18N4O2. The molecule has 6 nitrogen and oxygen atoms in total. The molecule has 0 fully saturated rings. The van der Waals surface area contributed by atoms with Crippen LogP contribution >= 0.6 is 0 Å². The molecule has 0 aliphatic heterocycles. The molecule has 0 saturated carbocycles. The number of pyridine rings is 1. The van der Waals surface area contributed by atoms with E-state index in [4.69, 9.17) is 5.11 Å². The number of carboxylic acid groups (broad SMARTS) is 1. The Kier molecular flexibility index (Phi) is 4.70. The molecule has 0 amide bonds. The second-order valence-electron chi connectivity index (χ2n) is 4.59. The van der Waals surface area contributed by atoms with Crippen molar-refractivity contribution in [2.24, 2.45) is 0 Å². The zero-order chi connectivity index (χ0) is 14.4. The number of rotatable bonds is 7. The summed E-state index contributed by atoms with van der Waals surface area (Å²) in [5.74, 6) is -0.515. The number of hydrogen-bond donors (Lipinski definition) is 2. The molecule has 0 aliphatic carbocycles. The molecule has 2 aromatic heterocycles. The molecule has 0 unspecified atom stereocenters. The van der Waals surface area contributed by atoms with Crippen LogP contribution < -0.4 is 5.32 Å². The molecule has 0 atom stereocenters. The van der Waals surface area contributed by atoms with Crippen LogP contribution in [0.5, 0.6) is 0 Å². The lowest BCUT2D eigenvalue weighted by Crippen LogP contribution is -2.10. The molecule has 0 aromatic carbocycles. The van der Waals surface area contributed by atoms with Crippen LogP contribution in [0, 0.1) is 6.92 Å². The van der Waals surface area contributed by atoms with Crippen molar-refractivity contribution in [1.29, 1.82) is 0 Å². The molecule has 0 spiro atoms. The lowest BCUT2D eigenvalue weighted by Gasteiger charge is -2.09. The number of nitrogens with one attached hydrogen (secondary N) is 1. The van der Waals surface area contributed by atoms with Gasteiger partial charge in [0.15, 0.2) is 0 Å². The van der Waals surface area contributed by atoms with Crippen molar-refractivity contribution in [1.82, 2.24) is 14.5 Å². The van der Waals surface area contributed by atoms with Crippen LogP contribution in [0.4, 0.5) is 5.82 Å². The fraction of sp³-hybridized carbons (Fsp3) is 0.357. The maximum atomic E-state index is 11.1. The third-order valence-electron chi connectivity index (χ3n) is 2.96. The summed E-state index contributed by atoms with van der Waals surface area (Å²) in [4.78, 5) is 19.3. The summed E-state index contributed by atoms with van der Waals surface area (Å²) >= 11 is 0. The molecule has 2 heterocycles. The van der Waals surface area contributed by atoms with E-state index >= 15 is 0 Å². The zero-order valence-corrected chi connectivity index (χ0v) is 11.4. The number of hydrogen-bond acceptors (Lipinski definition) is 4. The van der Waals surface area contributed by atoms with Crippen molar-refractivity contribution < 1.29 is 9.90 Å². The SMILES string of the molecule is Cc1ccc(C(=O)O)c(NCCCCn2ccnc2)n1. The highest BCUT2D eigenvalue weighted by Crippen LogP contribution is 2.13. The predicted octanol–water partition coefficient (Wildman–Crippen LogP) is 2.18. The molecule has 20 heavy (non-hydrogen) atoms. The van der Waals surface area contributed by atoms with Crippen molar-refractivity contribution in [3.63, 3.8) is 0 Å². The molecule has 6 heteroatoms. The lowest BCUT2D eigenvalue weighted by atomic mass is 10.2. The Bertz CT molecular complexity index is 567. The Morgan fingerprint density at radius 3 is 2.95 bits per heavy atom. The van der Waals surface area contributed by atoms with E-state index < -0.39 is 5.97 Å². The van der Waals surface area contributed by atoms with Gasteiger partial charge in [-0.2, -0.15) is 0 Å². The Labute approximate surface area is 117 Å². The minimum Gasteiger partial charge on any atom is -0.478 e. The van der Waals surface area contributed by atoms with Gasteiger partial charge in [-0.25, -0.2) is 14.8 Å². The zero-order valence-electron chi connectivity index (χ0n) is 11.4. The third kappa shape index (κ3) is 3.81. The van der Waals surface area contributed by atoms with Crippen LogP contribution in [0.15, 0.2) is 30.9 Å². The van der Waals surface area contributed by atoms with E-state index in [1.165, 1.54) is 0 Å². The van der Waals surface area contributed by atoms with Crippen LogP contribution in [0.3, 0.4) is 0 Å². The van der Waals surface area contributed by atoms with Gasteiger partial charge in [0.2, 0.25) is 0 Å². The molecule has 106 valence electrons. The summed E-state index contributed by atoms with van der Waals surface area (Å²) in [7, 11) is 0. The number of carbonyl (C=O) groups is 1. The third-order valence-corrected chi connectivity index (χ3v) is 2.96. The van der Waals surface area contributed by atoms with Crippen LogP contribution in [-0.2, 0) is 6.54 Å². The monoisotopic (exact) mass is 274 g/mol. The van der Waals surface area contributed by atoms with E-state index in [1.54, 1.807) is 24.7 Å². The molecule has 2 N–H and O–H groups in total. The summed E-state index contributed by atoms with van der Waals surface area (Å²) in [5.41, 5.74) is 1.01. The standard InChI is InChI=1S/C14H18N4O2/c1-11-4-5-12(14(19)20)13(17-11)16-6-2-3-8-18-9-7-15-10-18/h4-5,7,9-10H,2-3,6,8H2,1H3,(H,16,17)(H,19,20). The average Bonchev–Trinajstić information content (AvgIpc) is 2.91. The van der Waals surface area contributed by atoms with Crippen LogP contribution in [0.25, 0.3) is 0 Å². The van der Waals surface area contributed by atoms with Crippen LogP contribution in [-0.4, -0.2) is 32.2 Å². The maximum absolute atomic E-state index is 11.1. The van der Waals surface area contributed by atoms with Gasteiger partial charge in [0.25, 0.3) is 0 Å². The second kappa shape index (κ2) is 6.70. The van der Waals surface area contributed by atoms with Gasteiger partial charge in [-0.3, -0.25) is 0 Å². The number of aromatic nitrogens is 3. The van der Waals surface area contributed by atoms with Gasteiger partial charge in [0, 0.05) is 31.2 Å². The van der Waals surface area contributed by atoms with E-state index in [-0.39, 0.29) is 5.56 Å². The van der Waals surface area contributed by atoms with Crippen LogP contribution in [0.2, 0.25) is 0 Å². The van der Waals surface area contributed by atoms with E-state index in [2.05, 4.69) is 15.3 Å². The molecular weight excluding hydrogens is 256 g/mol. The van der Waals surface area contributed by atoms with Gasteiger partial charge in [0.1, 0.15) is 11.4 Å². The molecule has 0 saturated heterocycles. The van der Waals surface area contributed by atoms with Gasteiger partial charge in [-0.15, -0.1) is 0 Å². The average molecular weight is 274 g/mol. The van der Waals surface area contributed by atoms with Gasteiger partial charge in [0.05, 0.1) is 6.33 Å². The van der Waals surface area contributed by atoms with Gasteiger partial charge < -0.3 is 15.0 Å². The molecule has 0 aliphatic rings. The number of aryl methyl sites for hydroxylation is 2. The minimum absolute atomic E-state index is 0.213. The van der Waals surface area contributed by atoms with Crippen LogP contribution in [0.1, 0.15) is 28.9 Å². The van der Waals surface area contributed by atoms with Crippen molar-refractivity contribution in [3.05, 3.63) is 42.1 Å². The first-order chi connectivity index (χ1) is 9.66. The number of aromatic carboxylic acids is 1. The smallest absolute Gasteiger partial charge is 0.339 e. The molecule has 0 bridgehead atoms. The minimum atomic E-state index is -0.960. The summed E-state index contributed by atoms with van der Waals surface area (Å²) in [6, 6.07) is 3.28. The van der Waals surface area contributed by atoms with E-state index in [1.807, 2.05) is 17.7 Å². The fourth-order valence-corrected chi connectivity index (χ4v) is 1.91. The lowest BCUT2D eigenvalue weighted by molar-refractivity contribution is 0.0697. The first-order valence-corrected chi connectivity index (χ1v) is 6.57. The predicted molar refractivity (Wildman–Crippen MR) is 75.9 cm³/mol. The fourth-order valence-electron chi connectivity index (χ4n) is 1.91. The van der Waals surface area contributed by atoms with Crippen molar-refractivity contribution in [2.75, 3.05) is 11.9 Å². The van der Waals surface area contributed by atoms with Gasteiger partial charge in [-0.1, -0.05) is 0 Å². The highest BCUT2D eigenvalue weighted by atomic mass is 16.4. The number of carboxylic acids is 1. The molecule has 0 radical (unpaired) electrons. The quantitative estimate of drug-likeness (QED) is 0.756. The van der Waals surface area contributed by atoms with Crippen molar-refractivity contribution >= 4 is 11.8 Å². The summed E-state index contributed by atoms with van der Waals surface area (Å²) in [6.07, 6.45) is 7.41. The largest absolute Gasteiger partial charge is 0.478 e. The summed E-state index contributed by atoms with van der Waals surface area (Å²) < 4.78 is 2.02. The van der Waals surface area contributed by atoms with E-state index in [9.17, 15) is 4.79 Å². The summed E-state index contributed by atoms with van der Waals surface area (Å²) in [5, 5.41) is 12.2. The van der Waals surface area contributed by atoms with Gasteiger partial charge in [-0.05, 0) is 31.9 Å². The van der Waals surface area contributed by atoms with Gasteiger partial charge >= 0.3 is 5.97 Å². The Morgan fingerprint density at radius 1 is 1.40 bits per heavy atom. The van der Waals surface area contributed by atoms with E-state index in [0.29, 0.717) is 12.4 Å². The number of nitrogens with zero attached hydrogens (tertiary/aromatic N) is 3. The van der Waals surface area contributed by atoms with Crippen molar-refractivity contribution in [2.45, 2.75) is 26.3 Å². The summed E-state index contributed by atoms with van der Waals surface area (Å²) in [6.45, 7) is 3.45. The number of unbranched alkanes of at least 4 members (excludes halogenated alkanes) is 1. The number of anilines is 1. The number of imidazole rings is 1. The first-order valence-electron chi connectivity index (χ1n) is 6.57. The Balaban J connectivity index is 1.81. The van der Waals surface area contributed by atoms with Crippen molar-refractivity contribution in [3.8, 4) is 0 Å². The Hall–Kier alpha value is -2.37. The molecule has 2 rings (SSSR count). The second-order valence-corrected chi connectivity index (χ2v) is 4.59. The normalized spacial score (nSPS) is 10.4. The first kappa shape index (κ1) is 14.0. The highest BCUT2D eigenvalue weighted by Gasteiger charge is 2.10. The molecule has 2 aromatic rings. The topological polar surface area (TPSA) is 80.0 Å². The maximum Gasteiger partial charge on any atom is 0.339 e. The Morgan fingerprint density at radius 2 is 2.25 bits per heavy atom. The van der Waals surface area contributed by atoms with E-state index in [0.717, 1.165) is 25.1 Å². The highest BCUT2D eigenvalue weighted by molar-refractivity contribution is 5.93.